The number of nitrogens with zero attached hydrogens (tertiary/aromatic N) is 1. The van der Waals surface area contributed by atoms with Crippen LogP contribution in [0.25, 0.3) is 0 Å². The van der Waals surface area contributed by atoms with Gasteiger partial charge in [-0.2, -0.15) is 0 Å². The smallest absolute Gasteiger partial charge is 0.311 e. The number of hydrogen-bond donors (Lipinski definition) is 1. The van der Waals surface area contributed by atoms with Crippen LogP contribution in [-0.2, 0) is 9.53 Å². The molecule has 2 saturated heterocycles. The Balaban J connectivity index is 1.58. The molecule has 4 heteroatoms. The summed E-state index contributed by atoms with van der Waals surface area (Å²) in [5, 5.41) is 9.64. The fourth-order valence-corrected chi connectivity index (χ4v) is 4.44. The summed E-state index contributed by atoms with van der Waals surface area (Å²) in [4.78, 5) is 14.1. The fourth-order valence-electron chi connectivity index (χ4n) is 4.44. The van der Waals surface area contributed by atoms with Gasteiger partial charge in [0, 0.05) is 19.8 Å². The normalized spacial score (nSPS) is 29.6. The highest BCUT2D eigenvalue weighted by molar-refractivity contribution is 5.75. The third-order valence-corrected chi connectivity index (χ3v) is 6.01. The zero-order chi connectivity index (χ0) is 14.1. The van der Waals surface area contributed by atoms with Crippen molar-refractivity contribution in [3.8, 4) is 0 Å². The predicted octanol–water partition coefficient (Wildman–Crippen LogP) is 2.52. The number of rotatable bonds is 3. The van der Waals surface area contributed by atoms with Gasteiger partial charge in [-0.15, -0.1) is 0 Å². The van der Waals surface area contributed by atoms with E-state index in [9.17, 15) is 9.90 Å². The van der Waals surface area contributed by atoms with Crippen LogP contribution < -0.4 is 0 Å². The predicted molar refractivity (Wildman–Crippen MR) is 76.7 cm³/mol. The second kappa shape index (κ2) is 5.64. The molecule has 4 nitrogen and oxygen atoms in total. The maximum absolute atomic E-state index is 11.7. The molecule has 1 aliphatic carbocycles. The first kappa shape index (κ1) is 14.3. The zero-order valence-electron chi connectivity index (χ0n) is 12.4. The van der Waals surface area contributed by atoms with Crippen LogP contribution in [0, 0.1) is 10.8 Å². The van der Waals surface area contributed by atoms with E-state index in [-0.39, 0.29) is 0 Å². The lowest BCUT2D eigenvalue weighted by molar-refractivity contribution is -0.157. The van der Waals surface area contributed by atoms with Gasteiger partial charge >= 0.3 is 5.97 Å². The van der Waals surface area contributed by atoms with E-state index in [1.165, 1.54) is 38.5 Å². The minimum Gasteiger partial charge on any atom is -0.481 e. The summed E-state index contributed by atoms with van der Waals surface area (Å²) in [6, 6.07) is 0. The van der Waals surface area contributed by atoms with E-state index in [2.05, 4.69) is 4.90 Å². The summed E-state index contributed by atoms with van der Waals surface area (Å²) in [5.41, 5.74) is 0.0565. The van der Waals surface area contributed by atoms with Crippen LogP contribution in [-0.4, -0.2) is 48.8 Å². The monoisotopic (exact) mass is 281 g/mol. The van der Waals surface area contributed by atoms with Gasteiger partial charge in [0.25, 0.3) is 0 Å². The number of aliphatic carboxylic acids is 1. The van der Waals surface area contributed by atoms with Gasteiger partial charge in [-0.25, -0.2) is 0 Å². The molecular formula is C16H27NO3. The van der Waals surface area contributed by atoms with Gasteiger partial charge in [-0.05, 0) is 57.0 Å². The molecule has 2 aliphatic heterocycles. The first-order valence-electron chi connectivity index (χ1n) is 8.18. The maximum atomic E-state index is 11.7. The molecule has 20 heavy (non-hydrogen) atoms. The first-order valence-corrected chi connectivity index (χ1v) is 8.18. The minimum absolute atomic E-state index is 0.557. The first-order chi connectivity index (χ1) is 9.64. The Labute approximate surface area is 121 Å². The highest BCUT2D eigenvalue weighted by Crippen LogP contribution is 2.46. The van der Waals surface area contributed by atoms with Crippen molar-refractivity contribution in [2.75, 3.05) is 32.8 Å². The maximum Gasteiger partial charge on any atom is 0.311 e. The molecule has 1 spiro atoms. The van der Waals surface area contributed by atoms with Gasteiger partial charge in [0.15, 0.2) is 0 Å². The summed E-state index contributed by atoms with van der Waals surface area (Å²) >= 11 is 0. The summed E-state index contributed by atoms with van der Waals surface area (Å²) < 4.78 is 5.36. The molecule has 0 aromatic carbocycles. The van der Waals surface area contributed by atoms with Crippen molar-refractivity contribution in [1.29, 1.82) is 0 Å². The Hall–Kier alpha value is -0.610. The van der Waals surface area contributed by atoms with Crippen molar-refractivity contribution < 1.29 is 14.6 Å². The standard InChI is InChI=1S/C16H27NO3/c18-14(19)16(7-11-20-12-8-16)13-17-9-5-15(6-10-17)3-1-2-4-15/h1-13H2,(H,18,19). The van der Waals surface area contributed by atoms with Gasteiger partial charge in [0.05, 0.1) is 5.41 Å². The molecule has 2 heterocycles. The van der Waals surface area contributed by atoms with Crippen molar-refractivity contribution in [2.45, 2.75) is 51.4 Å². The third-order valence-electron chi connectivity index (χ3n) is 6.01. The summed E-state index contributed by atoms with van der Waals surface area (Å²) in [6.45, 7) is 4.11. The van der Waals surface area contributed by atoms with Gasteiger partial charge in [-0.3, -0.25) is 4.79 Å². The van der Waals surface area contributed by atoms with E-state index in [0.717, 1.165) is 19.6 Å². The Morgan fingerprint density at radius 2 is 1.60 bits per heavy atom. The van der Waals surface area contributed by atoms with Crippen LogP contribution in [0.3, 0.4) is 0 Å². The summed E-state index contributed by atoms with van der Waals surface area (Å²) in [7, 11) is 0. The zero-order valence-corrected chi connectivity index (χ0v) is 12.4. The van der Waals surface area contributed by atoms with Crippen LogP contribution in [0.1, 0.15) is 51.4 Å². The number of ether oxygens (including phenoxy) is 1. The van der Waals surface area contributed by atoms with E-state index < -0.39 is 11.4 Å². The largest absolute Gasteiger partial charge is 0.481 e. The number of hydrogen-bond acceptors (Lipinski definition) is 3. The van der Waals surface area contributed by atoms with Crippen LogP contribution in [0.5, 0.6) is 0 Å². The number of carboxylic acids is 1. The summed E-state index contributed by atoms with van der Waals surface area (Å²) in [6.07, 6.45) is 9.50. The molecule has 3 fully saturated rings. The van der Waals surface area contributed by atoms with E-state index in [0.29, 0.717) is 31.5 Å². The number of likely N-dealkylation sites (tertiary alicyclic amines) is 1. The summed E-state index contributed by atoms with van der Waals surface area (Å²) in [5.74, 6) is -0.623. The lowest BCUT2D eigenvalue weighted by Gasteiger charge is -2.43. The SMILES string of the molecule is O=C(O)C1(CN2CCC3(CCCC3)CC2)CCOCC1. The molecule has 0 bridgehead atoms. The van der Waals surface area contributed by atoms with Crippen LogP contribution >= 0.6 is 0 Å². The van der Waals surface area contributed by atoms with Crippen LogP contribution in [0.15, 0.2) is 0 Å². The second-order valence-electron chi connectivity index (χ2n) is 7.18. The molecule has 1 N–H and O–H groups in total. The highest BCUT2D eigenvalue weighted by atomic mass is 16.5. The molecule has 0 atom stereocenters. The van der Waals surface area contributed by atoms with E-state index in [1.807, 2.05) is 0 Å². The molecule has 0 amide bonds. The molecular weight excluding hydrogens is 254 g/mol. The Morgan fingerprint density at radius 3 is 2.15 bits per heavy atom. The van der Waals surface area contributed by atoms with Crippen molar-refractivity contribution >= 4 is 5.97 Å². The molecule has 0 radical (unpaired) electrons. The Morgan fingerprint density at radius 1 is 1.00 bits per heavy atom. The molecule has 1 saturated carbocycles. The molecule has 0 aromatic rings. The number of carbonyl (C=O) groups is 1. The molecule has 0 aromatic heterocycles. The Bertz CT molecular complexity index is 347. The minimum atomic E-state index is -0.623. The number of piperidine rings is 1. The average molecular weight is 281 g/mol. The van der Waals surface area contributed by atoms with Crippen molar-refractivity contribution in [3.63, 3.8) is 0 Å². The van der Waals surface area contributed by atoms with Gasteiger partial charge in [0.1, 0.15) is 0 Å². The van der Waals surface area contributed by atoms with Crippen molar-refractivity contribution in [2.24, 2.45) is 10.8 Å². The van der Waals surface area contributed by atoms with Crippen molar-refractivity contribution in [1.82, 2.24) is 4.90 Å². The topological polar surface area (TPSA) is 49.8 Å². The third kappa shape index (κ3) is 2.73. The average Bonchev–Trinajstić information content (AvgIpc) is 2.91. The second-order valence-corrected chi connectivity index (χ2v) is 7.18. The van der Waals surface area contributed by atoms with E-state index in [4.69, 9.17) is 4.74 Å². The van der Waals surface area contributed by atoms with Gasteiger partial charge < -0.3 is 14.7 Å². The molecule has 3 rings (SSSR count). The van der Waals surface area contributed by atoms with Gasteiger partial charge in [0.2, 0.25) is 0 Å². The highest BCUT2D eigenvalue weighted by Gasteiger charge is 2.44. The van der Waals surface area contributed by atoms with E-state index in [1.54, 1.807) is 0 Å². The lowest BCUT2D eigenvalue weighted by atomic mass is 9.75. The number of carboxylic acid groups (broad SMARTS) is 1. The molecule has 3 aliphatic rings. The van der Waals surface area contributed by atoms with Crippen LogP contribution in [0.4, 0.5) is 0 Å². The lowest BCUT2D eigenvalue weighted by Crippen LogP contribution is -2.49. The van der Waals surface area contributed by atoms with Gasteiger partial charge in [-0.1, -0.05) is 12.8 Å². The fraction of sp³-hybridized carbons (Fsp3) is 0.938. The molecule has 114 valence electrons. The molecule has 0 unspecified atom stereocenters. The van der Waals surface area contributed by atoms with Crippen molar-refractivity contribution in [3.05, 3.63) is 0 Å². The van der Waals surface area contributed by atoms with Crippen LogP contribution in [0.2, 0.25) is 0 Å². The van der Waals surface area contributed by atoms with E-state index >= 15 is 0 Å². The quantitative estimate of drug-likeness (QED) is 0.863. The Kier molecular flexibility index (Phi) is 4.04.